The van der Waals surface area contributed by atoms with E-state index in [1.165, 1.54) is 17.3 Å². The van der Waals surface area contributed by atoms with Crippen LogP contribution >= 0.6 is 0 Å². The molecule has 0 radical (unpaired) electrons. The lowest BCUT2D eigenvalue weighted by Gasteiger charge is -2.08. The molecule has 0 saturated heterocycles. The molecular formula is C17H21N3O. The molecule has 0 unspecified atom stereocenters. The molecule has 0 aliphatic carbocycles. The maximum absolute atomic E-state index is 11.9. The smallest absolute Gasteiger partial charge is 0.271 e. The molecule has 0 fully saturated rings. The van der Waals surface area contributed by atoms with E-state index in [4.69, 9.17) is 0 Å². The van der Waals surface area contributed by atoms with Crippen molar-refractivity contribution in [3.8, 4) is 0 Å². The van der Waals surface area contributed by atoms with E-state index in [0.29, 0.717) is 18.2 Å². The third-order valence-electron chi connectivity index (χ3n) is 3.36. The van der Waals surface area contributed by atoms with Gasteiger partial charge in [0.25, 0.3) is 5.91 Å². The van der Waals surface area contributed by atoms with Gasteiger partial charge in [0.1, 0.15) is 5.69 Å². The van der Waals surface area contributed by atoms with E-state index < -0.39 is 0 Å². The van der Waals surface area contributed by atoms with Gasteiger partial charge in [0.15, 0.2) is 0 Å². The van der Waals surface area contributed by atoms with Crippen molar-refractivity contribution in [2.75, 3.05) is 6.54 Å². The molecule has 0 aliphatic rings. The molecule has 0 spiro atoms. The minimum absolute atomic E-state index is 0.179. The first kappa shape index (κ1) is 15.2. The maximum atomic E-state index is 11.9. The van der Waals surface area contributed by atoms with Gasteiger partial charge in [0.05, 0.1) is 11.9 Å². The molecule has 0 aliphatic heterocycles. The SMILES string of the molecule is Cc1cnc(C(=O)NCCc2ccc(C(C)C)cc2)cn1. The van der Waals surface area contributed by atoms with Crippen LogP contribution in [-0.4, -0.2) is 22.4 Å². The second-order valence-corrected chi connectivity index (χ2v) is 5.45. The lowest BCUT2D eigenvalue weighted by atomic mass is 10.0. The first-order chi connectivity index (χ1) is 10.1. The summed E-state index contributed by atoms with van der Waals surface area (Å²) in [4.78, 5) is 20.0. The molecule has 21 heavy (non-hydrogen) atoms. The van der Waals surface area contributed by atoms with Crippen LogP contribution < -0.4 is 5.32 Å². The summed E-state index contributed by atoms with van der Waals surface area (Å²) in [5.41, 5.74) is 3.71. The van der Waals surface area contributed by atoms with Gasteiger partial charge < -0.3 is 5.32 Å². The average Bonchev–Trinajstić information content (AvgIpc) is 2.48. The molecular weight excluding hydrogens is 262 g/mol. The number of aryl methyl sites for hydroxylation is 1. The Morgan fingerprint density at radius 1 is 1.14 bits per heavy atom. The number of benzene rings is 1. The monoisotopic (exact) mass is 283 g/mol. The minimum atomic E-state index is -0.179. The van der Waals surface area contributed by atoms with Crippen molar-refractivity contribution >= 4 is 5.91 Å². The largest absolute Gasteiger partial charge is 0.350 e. The highest BCUT2D eigenvalue weighted by molar-refractivity contribution is 5.91. The molecule has 1 aromatic heterocycles. The Hall–Kier alpha value is -2.23. The molecule has 1 heterocycles. The highest BCUT2D eigenvalue weighted by Crippen LogP contribution is 2.14. The van der Waals surface area contributed by atoms with Crippen molar-refractivity contribution in [1.29, 1.82) is 0 Å². The number of carbonyl (C=O) groups excluding carboxylic acids is 1. The van der Waals surface area contributed by atoms with Crippen LogP contribution in [-0.2, 0) is 6.42 Å². The number of hydrogen-bond acceptors (Lipinski definition) is 3. The molecule has 2 aromatic rings. The van der Waals surface area contributed by atoms with Crippen LogP contribution in [0.3, 0.4) is 0 Å². The highest BCUT2D eigenvalue weighted by atomic mass is 16.1. The van der Waals surface area contributed by atoms with Gasteiger partial charge >= 0.3 is 0 Å². The number of nitrogens with one attached hydrogen (secondary N) is 1. The molecule has 4 nitrogen and oxygen atoms in total. The van der Waals surface area contributed by atoms with Crippen molar-refractivity contribution in [2.45, 2.75) is 33.1 Å². The number of carbonyl (C=O) groups is 1. The van der Waals surface area contributed by atoms with Crippen LogP contribution in [0.1, 0.15) is 47.1 Å². The van der Waals surface area contributed by atoms with Gasteiger partial charge in [-0.2, -0.15) is 0 Å². The zero-order valence-electron chi connectivity index (χ0n) is 12.8. The van der Waals surface area contributed by atoms with Crippen LogP contribution in [0, 0.1) is 6.92 Å². The standard InChI is InChI=1S/C17H21N3O/c1-12(2)15-6-4-14(5-7-15)8-9-18-17(21)16-11-19-13(3)10-20-16/h4-7,10-12H,8-9H2,1-3H3,(H,18,21). The molecule has 110 valence electrons. The minimum Gasteiger partial charge on any atom is -0.350 e. The van der Waals surface area contributed by atoms with Gasteiger partial charge in [-0.05, 0) is 30.4 Å². The van der Waals surface area contributed by atoms with Gasteiger partial charge in [0, 0.05) is 12.7 Å². The third kappa shape index (κ3) is 4.38. The number of amides is 1. The van der Waals surface area contributed by atoms with E-state index in [0.717, 1.165) is 12.1 Å². The van der Waals surface area contributed by atoms with Crippen molar-refractivity contribution < 1.29 is 4.79 Å². The second-order valence-electron chi connectivity index (χ2n) is 5.45. The van der Waals surface area contributed by atoms with Crippen LogP contribution in [0.5, 0.6) is 0 Å². The van der Waals surface area contributed by atoms with Gasteiger partial charge in [-0.1, -0.05) is 38.1 Å². The van der Waals surface area contributed by atoms with Crippen molar-refractivity contribution in [2.24, 2.45) is 0 Å². The van der Waals surface area contributed by atoms with E-state index in [2.05, 4.69) is 53.4 Å². The molecule has 2 rings (SSSR count). The van der Waals surface area contributed by atoms with Crippen molar-refractivity contribution in [1.82, 2.24) is 15.3 Å². The Morgan fingerprint density at radius 3 is 2.43 bits per heavy atom. The predicted octanol–water partition coefficient (Wildman–Crippen LogP) is 2.88. The molecule has 4 heteroatoms. The Kier molecular flexibility index (Phi) is 5.04. The Bertz CT molecular complexity index is 588. The molecule has 0 atom stereocenters. The van der Waals surface area contributed by atoms with Gasteiger partial charge in [0.2, 0.25) is 0 Å². The second kappa shape index (κ2) is 6.97. The molecule has 0 saturated carbocycles. The molecule has 1 N–H and O–H groups in total. The summed E-state index contributed by atoms with van der Waals surface area (Å²) in [5, 5.41) is 2.86. The number of nitrogens with zero attached hydrogens (tertiary/aromatic N) is 2. The van der Waals surface area contributed by atoms with Crippen LogP contribution in [0.2, 0.25) is 0 Å². The third-order valence-corrected chi connectivity index (χ3v) is 3.36. The summed E-state index contributed by atoms with van der Waals surface area (Å²) in [7, 11) is 0. The van der Waals surface area contributed by atoms with Gasteiger partial charge in [-0.25, -0.2) is 4.98 Å². The first-order valence-corrected chi connectivity index (χ1v) is 7.22. The average molecular weight is 283 g/mol. The molecule has 0 bridgehead atoms. The fourth-order valence-corrected chi connectivity index (χ4v) is 1.99. The van der Waals surface area contributed by atoms with E-state index in [1.807, 2.05) is 6.92 Å². The molecule has 1 aromatic carbocycles. The number of hydrogen-bond donors (Lipinski definition) is 1. The van der Waals surface area contributed by atoms with E-state index in [-0.39, 0.29) is 5.91 Å². The Labute approximate surface area is 125 Å². The summed E-state index contributed by atoms with van der Waals surface area (Å²) in [6.07, 6.45) is 3.91. The summed E-state index contributed by atoms with van der Waals surface area (Å²) in [6, 6.07) is 8.53. The quantitative estimate of drug-likeness (QED) is 0.918. The van der Waals surface area contributed by atoms with Gasteiger partial charge in [-0.15, -0.1) is 0 Å². The Balaban J connectivity index is 1.83. The van der Waals surface area contributed by atoms with E-state index in [1.54, 1.807) is 6.20 Å². The lowest BCUT2D eigenvalue weighted by Crippen LogP contribution is -2.26. The zero-order valence-corrected chi connectivity index (χ0v) is 12.8. The fraction of sp³-hybridized carbons (Fsp3) is 0.353. The summed E-state index contributed by atoms with van der Waals surface area (Å²) in [5.74, 6) is 0.361. The normalized spacial score (nSPS) is 10.7. The van der Waals surface area contributed by atoms with Crippen LogP contribution in [0.4, 0.5) is 0 Å². The topological polar surface area (TPSA) is 54.9 Å². The van der Waals surface area contributed by atoms with Crippen LogP contribution in [0.15, 0.2) is 36.7 Å². The van der Waals surface area contributed by atoms with E-state index in [9.17, 15) is 4.79 Å². The number of aromatic nitrogens is 2. The summed E-state index contributed by atoms with van der Waals surface area (Å²) >= 11 is 0. The summed E-state index contributed by atoms with van der Waals surface area (Å²) < 4.78 is 0. The lowest BCUT2D eigenvalue weighted by molar-refractivity contribution is 0.0948. The first-order valence-electron chi connectivity index (χ1n) is 7.22. The van der Waals surface area contributed by atoms with Crippen LogP contribution in [0.25, 0.3) is 0 Å². The zero-order chi connectivity index (χ0) is 15.2. The maximum Gasteiger partial charge on any atom is 0.271 e. The predicted molar refractivity (Wildman–Crippen MR) is 83.3 cm³/mol. The Morgan fingerprint density at radius 2 is 1.86 bits per heavy atom. The van der Waals surface area contributed by atoms with Gasteiger partial charge in [-0.3, -0.25) is 9.78 Å². The van der Waals surface area contributed by atoms with Crippen molar-refractivity contribution in [3.63, 3.8) is 0 Å². The number of rotatable bonds is 5. The van der Waals surface area contributed by atoms with Crippen molar-refractivity contribution in [3.05, 3.63) is 59.2 Å². The highest BCUT2D eigenvalue weighted by Gasteiger charge is 2.06. The summed E-state index contributed by atoms with van der Waals surface area (Å²) in [6.45, 7) is 6.79. The van der Waals surface area contributed by atoms with E-state index >= 15 is 0 Å². The fourth-order valence-electron chi connectivity index (χ4n) is 1.99. The molecule has 1 amide bonds.